The Bertz CT molecular complexity index is 132. The van der Waals surface area contributed by atoms with E-state index in [1.165, 1.54) is 37.7 Å². The maximum absolute atomic E-state index is 4.99. The second-order valence-electron chi connectivity index (χ2n) is 3.43. The van der Waals surface area contributed by atoms with Gasteiger partial charge in [0.1, 0.15) is 0 Å². The normalized spacial score (nSPS) is 21.8. The minimum absolute atomic E-state index is 0.809. The minimum Gasteiger partial charge on any atom is -0.504 e. The first-order chi connectivity index (χ1) is 5.34. The summed E-state index contributed by atoms with van der Waals surface area (Å²) in [5.74, 6) is 0.809. The van der Waals surface area contributed by atoms with Crippen LogP contribution in [0.2, 0.25) is 0 Å². The van der Waals surface area contributed by atoms with Crippen LogP contribution >= 0.6 is 0 Å². The monoisotopic (exact) mass is 154 g/mol. The quantitative estimate of drug-likeness (QED) is 0.555. The van der Waals surface area contributed by atoms with Gasteiger partial charge in [-0.1, -0.05) is 19.3 Å². The highest BCUT2D eigenvalue weighted by Crippen LogP contribution is 2.29. The van der Waals surface area contributed by atoms with Crippen molar-refractivity contribution in [1.82, 2.24) is 0 Å². The molecule has 0 atom stereocenters. The highest BCUT2D eigenvalue weighted by molar-refractivity contribution is 5.00. The van der Waals surface area contributed by atoms with Crippen LogP contribution in [0.5, 0.6) is 0 Å². The summed E-state index contributed by atoms with van der Waals surface area (Å²) < 4.78 is 4.99. The molecule has 0 aromatic heterocycles. The van der Waals surface area contributed by atoms with Crippen molar-refractivity contribution in [3.63, 3.8) is 0 Å². The zero-order valence-electron chi connectivity index (χ0n) is 7.60. The summed E-state index contributed by atoms with van der Waals surface area (Å²) in [5.41, 5.74) is 1.42. The molecular formula is C10H18O. The Hall–Kier alpha value is -0.460. The number of hydrogen-bond acceptors (Lipinski definition) is 1. The molecule has 1 rings (SSSR count). The Labute approximate surface area is 69.4 Å². The highest BCUT2D eigenvalue weighted by atomic mass is 16.5. The van der Waals surface area contributed by atoms with Crippen molar-refractivity contribution in [2.24, 2.45) is 5.92 Å². The van der Waals surface area contributed by atoms with Crippen molar-refractivity contribution in [3.8, 4) is 0 Å². The lowest BCUT2D eigenvalue weighted by atomic mass is 9.85. The third-order valence-corrected chi connectivity index (χ3v) is 2.55. The molecule has 1 nitrogen and oxygen atoms in total. The molecule has 0 aliphatic heterocycles. The van der Waals surface area contributed by atoms with Gasteiger partial charge in [0.15, 0.2) is 0 Å². The molecular weight excluding hydrogens is 136 g/mol. The predicted octanol–water partition coefficient (Wildman–Crippen LogP) is 3.12. The Morgan fingerprint density at radius 1 is 1.27 bits per heavy atom. The molecule has 0 saturated heterocycles. The van der Waals surface area contributed by atoms with E-state index in [-0.39, 0.29) is 0 Å². The van der Waals surface area contributed by atoms with Crippen LogP contribution in [0.25, 0.3) is 0 Å². The molecule has 0 spiro atoms. The van der Waals surface area contributed by atoms with Crippen LogP contribution in [0.15, 0.2) is 11.8 Å². The van der Waals surface area contributed by atoms with Gasteiger partial charge in [-0.3, -0.25) is 0 Å². The molecule has 1 aliphatic rings. The average Bonchev–Trinajstić information content (AvgIpc) is 2.07. The van der Waals surface area contributed by atoms with Crippen LogP contribution < -0.4 is 0 Å². The van der Waals surface area contributed by atoms with E-state index in [0.29, 0.717) is 0 Å². The average molecular weight is 154 g/mol. The number of rotatable bonds is 2. The van der Waals surface area contributed by atoms with Crippen LogP contribution in [0, 0.1) is 5.92 Å². The van der Waals surface area contributed by atoms with Gasteiger partial charge in [-0.05, 0) is 31.3 Å². The van der Waals surface area contributed by atoms with Crippen molar-refractivity contribution in [2.75, 3.05) is 7.11 Å². The third kappa shape index (κ3) is 2.57. The number of hydrogen-bond donors (Lipinski definition) is 0. The zero-order chi connectivity index (χ0) is 8.10. The topological polar surface area (TPSA) is 9.23 Å². The first-order valence-corrected chi connectivity index (χ1v) is 4.54. The fraction of sp³-hybridized carbons (Fsp3) is 0.800. The summed E-state index contributed by atoms with van der Waals surface area (Å²) in [7, 11) is 1.73. The van der Waals surface area contributed by atoms with Crippen molar-refractivity contribution in [2.45, 2.75) is 39.0 Å². The summed E-state index contributed by atoms with van der Waals surface area (Å²) >= 11 is 0. The maximum atomic E-state index is 4.99. The summed E-state index contributed by atoms with van der Waals surface area (Å²) in [6.45, 7) is 2.18. The van der Waals surface area contributed by atoms with Crippen molar-refractivity contribution in [1.29, 1.82) is 0 Å². The molecule has 0 bridgehead atoms. The number of methoxy groups -OCH3 is 1. The van der Waals surface area contributed by atoms with E-state index >= 15 is 0 Å². The Morgan fingerprint density at radius 2 is 1.91 bits per heavy atom. The van der Waals surface area contributed by atoms with Gasteiger partial charge < -0.3 is 4.74 Å². The fourth-order valence-corrected chi connectivity index (χ4v) is 1.84. The van der Waals surface area contributed by atoms with E-state index in [2.05, 4.69) is 6.92 Å². The fourth-order valence-electron chi connectivity index (χ4n) is 1.84. The van der Waals surface area contributed by atoms with E-state index in [4.69, 9.17) is 4.74 Å². The summed E-state index contributed by atoms with van der Waals surface area (Å²) in [4.78, 5) is 0. The van der Waals surface area contributed by atoms with Gasteiger partial charge in [0, 0.05) is 0 Å². The summed E-state index contributed by atoms with van der Waals surface area (Å²) in [6.07, 6.45) is 8.86. The van der Waals surface area contributed by atoms with Crippen LogP contribution in [-0.2, 0) is 4.74 Å². The molecule has 0 aromatic carbocycles. The molecule has 0 amide bonds. The van der Waals surface area contributed by atoms with E-state index in [0.717, 1.165) is 5.92 Å². The number of allylic oxidation sites excluding steroid dienone is 1. The van der Waals surface area contributed by atoms with Crippen LogP contribution in [0.4, 0.5) is 0 Å². The molecule has 1 saturated carbocycles. The first kappa shape index (κ1) is 8.63. The molecule has 64 valence electrons. The molecule has 0 N–H and O–H groups in total. The molecule has 1 heteroatoms. The van der Waals surface area contributed by atoms with Gasteiger partial charge in [0.2, 0.25) is 0 Å². The Kier molecular flexibility index (Phi) is 3.47. The third-order valence-electron chi connectivity index (χ3n) is 2.55. The maximum Gasteiger partial charge on any atom is 0.0816 e. The van der Waals surface area contributed by atoms with Crippen molar-refractivity contribution < 1.29 is 4.74 Å². The van der Waals surface area contributed by atoms with E-state index in [1.807, 2.05) is 6.26 Å². The SMILES string of the molecule is CO/C=C(\C)C1CCCCC1. The second kappa shape index (κ2) is 4.42. The lowest BCUT2D eigenvalue weighted by Crippen LogP contribution is -2.07. The Balaban J connectivity index is 2.38. The van der Waals surface area contributed by atoms with Gasteiger partial charge >= 0.3 is 0 Å². The second-order valence-corrected chi connectivity index (χ2v) is 3.43. The lowest BCUT2D eigenvalue weighted by Gasteiger charge is -2.21. The first-order valence-electron chi connectivity index (χ1n) is 4.54. The van der Waals surface area contributed by atoms with Crippen molar-refractivity contribution in [3.05, 3.63) is 11.8 Å². The van der Waals surface area contributed by atoms with E-state index in [9.17, 15) is 0 Å². The van der Waals surface area contributed by atoms with Gasteiger partial charge in [-0.2, -0.15) is 0 Å². The van der Waals surface area contributed by atoms with E-state index < -0.39 is 0 Å². The summed E-state index contributed by atoms with van der Waals surface area (Å²) in [6, 6.07) is 0. The highest BCUT2D eigenvalue weighted by Gasteiger charge is 2.14. The molecule has 0 unspecified atom stereocenters. The Morgan fingerprint density at radius 3 is 2.45 bits per heavy atom. The van der Waals surface area contributed by atoms with Gasteiger partial charge in [-0.15, -0.1) is 0 Å². The van der Waals surface area contributed by atoms with Gasteiger partial charge in [0.05, 0.1) is 13.4 Å². The van der Waals surface area contributed by atoms with Crippen LogP contribution in [0.1, 0.15) is 39.0 Å². The largest absolute Gasteiger partial charge is 0.504 e. The van der Waals surface area contributed by atoms with Gasteiger partial charge in [0.25, 0.3) is 0 Å². The molecule has 1 aliphatic carbocycles. The number of ether oxygens (including phenoxy) is 1. The molecule has 0 radical (unpaired) electrons. The van der Waals surface area contributed by atoms with Crippen LogP contribution in [-0.4, -0.2) is 7.11 Å². The predicted molar refractivity (Wildman–Crippen MR) is 47.3 cm³/mol. The van der Waals surface area contributed by atoms with Gasteiger partial charge in [-0.25, -0.2) is 0 Å². The zero-order valence-corrected chi connectivity index (χ0v) is 7.60. The van der Waals surface area contributed by atoms with E-state index in [1.54, 1.807) is 7.11 Å². The van der Waals surface area contributed by atoms with Crippen LogP contribution in [0.3, 0.4) is 0 Å². The molecule has 0 heterocycles. The molecule has 0 aromatic rings. The standard InChI is InChI=1S/C10H18O/c1-9(8-11-2)10-6-4-3-5-7-10/h8,10H,3-7H2,1-2H3/b9-8+. The lowest BCUT2D eigenvalue weighted by molar-refractivity contribution is 0.318. The van der Waals surface area contributed by atoms with Crippen molar-refractivity contribution >= 4 is 0 Å². The minimum atomic E-state index is 0.809. The smallest absolute Gasteiger partial charge is 0.0816 e. The molecule has 11 heavy (non-hydrogen) atoms. The molecule has 1 fully saturated rings. The summed E-state index contributed by atoms with van der Waals surface area (Å²) in [5, 5.41) is 0.